The number of para-hydroxylation sites is 1. The fourth-order valence-corrected chi connectivity index (χ4v) is 1.78. The zero-order chi connectivity index (χ0) is 14.0. The first kappa shape index (κ1) is 15.4. The van der Waals surface area contributed by atoms with E-state index in [0.717, 1.165) is 0 Å². The lowest BCUT2D eigenvalue weighted by molar-refractivity contribution is -0.117. The van der Waals surface area contributed by atoms with E-state index in [2.05, 4.69) is 21.2 Å². The van der Waals surface area contributed by atoms with Gasteiger partial charge in [0, 0.05) is 4.90 Å². The van der Waals surface area contributed by atoms with Gasteiger partial charge in [0.1, 0.15) is 0 Å². The second-order valence-electron chi connectivity index (χ2n) is 3.97. The summed E-state index contributed by atoms with van der Waals surface area (Å²) in [5, 5.41) is 2.47. The normalized spacial score (nSPS) is 12.3. The summed E-state index contributed by atoms with van der Waals surface area (Å²) >= 11 is 2.90. The number of alkyl halides is 4. The first-order valence-corrected chi connectivity index (χ1v) is 6.56. The van der Waals surface area contributed by atoms with E-state index in [9.17, 15) is 18.0 Å². The second-order valence-corrected chi connectivity index (χ2v) is 7.06. The van der Waals surface area contributed by atoms with Crippen molar-refractivity contribution in [1.29, 1.82) is 0 Å². The van der Waals surface area contributed by atoms with E-state index >= 15 is 0 Å². The number of hydrogen-bond acceptors (Lipinski definition) is 2. The van der Waals surface area contributed by atoms with Crippen molar-refractivity contribution in [2.24, 2.45) is 0 Å². The maximum Gasteiger partial charge on any atom is 0.446 e. The monoisotopic (exact) mass is 341 g/mol. The number of halogens is 4. The van der Waals surface area contributed by atoms with Crippen LogP contribution < -0.4 is 5.32 Å². The van der Waals surface area contributed by atoms with Crippen LogP contribution in [0.25, 0.3) is 0 Å². The Hall–Kier alpha value is -0.690. The summed E-state index contributed by atoms with van der Waals surface area (Å²) in [6.07, 6.45) is 0. The van der Waals surface area contributed by atoms with E-state index < -0.39 is 15.7 Å². The maximum absolute atomic E-state index is 12.3. The predicted molar refractivity (Wildman–Crippen MR) is 70.0 cm³/mol. The predicted octanol–water partition coefficient (Wildman–Crippen LogP) is 4.41. The highest BCUT2D eigenvalue weighted by Crippen LogP contribution is 2.40. The SMILES string of the molecule is CC(C)(Br)C(=O)Nc1ccccc1SC(F)(F)F. The number of anilines is 1. The number of benzene rings is 1. The minimum atomic E-state index is -4.38. The Kier molecular flexibility index (Phi) is 4.72. The number of thioether (sulfide) groups is 1. The van der Waals surface area contributed by atoms with Crippen molar-refractivity contribution in [2.45, 2.75) is 28.6 Å². The zero-order valence-corrected chi connectivity index (χ0v) is 12.0. The molecule has 1 aromatic rings. The highest BCUT2D eigenvalue weighted by Gasteiger charge is 2.31. The number of carbonyl (C=O) groups is 1. The summed E-state index contributed by atoms with van der Waals surface area (Å²) in [6, 6.07) is 5.81. The molecule has 0 spiro atoms. The Bertz CT molecular complexity index is 443. The standard InChI is InChI=1S/C11H11BrF3NOS/c1-10(2,12)9(17)16-7-5-3-4-6-8(7)18-11(13,14)15/h3-6H,1-2H3,(H,16,17). The highest BCUT2D eigenvalue weighted by atomic mass is 79.9. The molecule has 7 heteroatoms. The van der Waals surface area contributed by atoms with Gasteiger partial charge in [0.2, 0.25) is 5.91 Å². The van der Waals surface area contributed by atoms with Crippen molar-refractivity contribution in [3.05, 3.63) is 24.3 Å². The van der Waals surface area contributed by atoms with Crippen LogP contribution in [0.2, 0.25) is 0 Å². The van der Waals surface area contributed by atoms with Crippen LogP contribution in [0.5, 0.6) is 0 Å². The first-order valence-electron chi connectivity index (χ1n) is 4.95. The topological polar surface area (TPSA) is 29.1 Å². The molecule has 1 rings (SSSR count). The molecular weight excluding hydrogens is 331 g/mol. The average molecular weight is 342 g/mol. The van der Waals surface area contributed by atoms with Gasteiger partial charge in [0.25, 0.3) is 0 Å². The third kappa shape index (κ3) is 4.89. The lowest BCUT2D eigenvalue weighted by Crippen LogP contribution is -2.31. The Balaban J connectivity index is 2.93. The van der Waals surface area contributed by atoms with Gasteiger partial charge in [-0.2, -0.15) is 13.2 Å². The summed E-state index contributed by atoms with van der Waals surface area (Å²) < 4.78 is 36.2. The highest BCUT2D eigenvalue weighted by molar-refractivity contribution is 9.10. The Labute approximate surface area is 115 Å². The van der Waals surface area contributed by atoms with Crippen LogP contribution in [0.1, 0.15) is 13.8 Å². The zero-order valence-electron chi connectivity index (χ0n) is 9.64. The first-order chi connectivity index (χ1) is 8.09. The summed E-state index contributed by atoms with van der Waals surface area (Å²) in [5.74, 6) is -0.405. The smallest absolute Gasteiger partial charge is 0.324 e. The number of amides is 1. The van der Waals surface area contributed by atoms with Gasteiger partial charge in [-0.25, -0.2) is 0 Å². The lowest BCUT2D eigenvalue weighted by Gasteiger charge is -2.18. The molecule has 100 valence electrons. The molecule has 0 radical (unpaired) electrons. The molecule has 0 fully saturated rings. The Morgan fingerprint density at radius 1 is 1.28 bits per heavy atom. The van der Waals surface area contributed by atoms with Crippen LogP contribution in [0.15, 0.2) is 29.2 Å². The number of hydrogen-bond donors (Lipinski definition) is 1. The molecule has 18 heavy (non-hydrogen) atoms. The maximum atomic E-state index is 12.3. The van der Waals surface area contributed by atoms with Crippen LogP contribution in [-0.4, -0.2) is 15.7 Å². The van der Waals surface area contributed by atoms with Gasteiger partial charge in [-0.05, 0) is 37.7 Å². The van der Waals surface area contributed by atoms with Gasteiger partial charge >= 0.3 is 5.51 Å². The third-order valence-corrected chi connectivity index (χ3v) is 3.07. The van der Waals surface area contributed by atoms with Gasteiger partial charge < -0.3 is 5.32 Å². The number of carbonyl (C=O) groups excluding carboxylic acids is 1. The van der Waals surface area contributed by atoms with Gasteiger partial charge in [-0.15, -0.1) is 0 Å². The minimum Gasteiger partial charge on any atom is -0.324 e. The van der Waals surface area contributed by atoms with Crippen LogP contribution in [-0.2, 0) is 4.79 Å². The van der Waals surface area contributed by atoms with Gasteiger partial charge in [-0.1, -0.05) is 28.1 Å². The van der Waals surface area contributed by atoms with Crippen LogP contribution in [0, 0.1) is 0 Å². The average Bonchev–Trinajstić information content (AvgIpc) is 2.17. The molecule has 0 bridgehead atoms. The Morgan fingerprint density at radius 3 is 2.33 bits per heavy atom. The molecule has 2 nitrogen and oxygen atoms in total. The summed E-state index contributed by atoms with van der Waals surface area (Å²) in [4.78, 5) is 11.7. The molecule has 0 unspecified atom stereocenters. The molecule has 1 N–H and O–H groups in total. The van der Waals surface area contributed by atoms with Gasteiger partial charge in [-0.3, -0.25) is 4.79 Å². The number of rotatable bonds is 3. The number of nitrogens with one attached hydrogen (secondary N) is 1. The van der Waals surface area contributed by atoms with Crippen molar-refractivity contribution < 1.29 is 18.0 Å². The van der Waals surface area contributed by atoms with E-state index in [1.165, 1.54) is 18.2 Å². The van der Waals surface area contributed by atoms with Gasteiger partial charge in [0.15, 0.2) is 0 Å². The molecular formula is C11H11BrF3NOS. The minimum absolute atomic E-state index is 0.0323. The van der Waals surface area contributed by atoms with Crippen molar-refractivity contribution >= 4 is 39.3 Å². The van der Waals surface area contributed by atoms with Crippen molar-refractivity contribution in [3.63, 3.8) is 0 Å². The second kappa shape index (κ2) is 5.52. The lowest BCUT2D eigenvalue weighted by atomic mass is 10.2. The van der Waals surface area contributed by atoms with Gasteiger partial charge in [0.05, 0.1) is 10.0 Å². The molecule has 0 saturated heterocycles. The molecule has 0 aliphatic rings. The van der Waals surface area contributed by atoms with Crippen LogP contribution in [0.4, 0.5) is 18.9 Å². The third-order valence-electron chi connectivity index (χ3n) is 1.90. The fourth-order valence-electron chi connectivity index (χ4n) is 1.05. The van der Waals surface area contributed by atoms with E-state index in [-0.39, 0.29) is 22.3 Å². The molecule has 0 aliphatic carbocycles. The largest absolute Gasteiger partial charge is 0.446 e. The summed E-state index contributed by atoms with van der Waals surface area (Å²) in [7, 11) is 0. The molecule has 0 atom stereocenters. The molecule has 0 saturated carbocycles. The van der Waals surface area contributed by atoms with Crippen LogP contribution in [0.3, 0.4) is 0 Å². The Morgan fingerprint density at radius 2 is 1.83 bits per heavy atom. The molecule has 0 aliphatic heterocycles. The van der Waals surface area contributed by atoms with Crippen molar-refractivity contribution in [2.75, 3.05) is 5.32 Å². The quantitative estimate of drug-likeness (QED) is 0.651. The van der Waals surface area contributed by atoms with E-state index in [0.29, 0.717) is 0 Å². The molecule has 1 aromatic carbocycles. The van der Waals surface area contributed by atoms with E-state index in [1.807, 2.05) is 0 Å². The molecule has 0 aromatic heterocycles. The fraction of sp³-hybridized carbons (Fsp3) is 0.364. The molecule has 1 amide bonds. The van der Waals surface area contributed by atoms with Crippen molar-refractivity contribution in [1.82, 2.24) is 0 Å². The van der Waals surface area contributed by atoms with Crippen LogP contribution >= 0.6 is 27.7 Å². The van der Waals surface area contributed by atoms with E-state index in [4.69, 9.17) is 0 Å². The summed E-state index contributed by atoms with van der Waals surface area (Å²) in [5.41, 5.74) is -4.23. The summed E-state index contributed by atoms with van der Waals surface area (Å²) in [6.45, 7) is 3.23. The van der Waals surface area contributed by atoms with E-state index in [1.54, 1.807) is 19.9 Å². The van der Waals surface area contributed by atoms with Crippen molar-refractivity contribution in [3.8, 4) is 0 Å². The molecule has 0 heterocycles.